The summed E-state index contributed by atoms with van der Waals surface area (Å²) in [6.45, 7) is 2.41. The third kappa shape index (κ3) is 3.22. The standard InChI is InChI=1S/C15H17NO3/c1-2-3-10-19-14(17)11-16-9-8-12-6-4-5-7-13(12)15(16)18/h4-9H,2-3,10-11H2,1H3. The maximum absolute atomic E-state index is 12.1. The molecule has 0 saturated carbocycles. The zero-order valence-electron chi connectivity index (χ0n) is 11.0. The number of pyridine rings is 1. The molecule has 0 spiro atoms. The van der Waals surface area contributed by atoms with E-state index in [2.05, 4.69) is 0 Å². The van der Waals surface area contributed by atoms with Crippen molar-refractivity contribution in [2.24, 2.45) is 0 Å². The molecule has 1 heterocycles. The third-order valence-electron chi connectivity index (χ3n) is 2.95. The van der Waals surface area contributed by atoms with Gasteiger partial charge in [0.05, 0.1) is 6.61 Å². The molecule has 0 fully saturated rings. The van der Waals surface area contributed by atoms with Crippen LogP contribution in [0, 0.1) is 0 Å². The van der Waals surface area contributed by atoms with Gasteiger partial charge in [-0.15, -0.1) is 0 Å². The van der Waals surface area contributed by atoms with E-state index in [0.717, 1.165) is 18.2 Å². The minimum atomic E-state index is -0.370. The number of hydrogen-bond acceptors (Lipinski definition) is 3. The van der Waals surface area contributed by atoms with Crippen LogP contribution in [0.2, 0.25) is 0 Å². The van der Waals surface area contributed by atoms with E-state index in [4.69, 9.17) is 4.74 Å². The zero-order chi connectivity index (χ0) is 13.7. The van der Waals surface area contributed by atoms with Crippen LogP contribution < -0.4 is 5.56 Å². The van der Waals surface area contributed by atoms with Gasteiger partial charge in [-0.2, -0.15) is 0 Å². The van der Waals surface area contributed by atoms with Crippen molar-refractivity contribution in [1.82, 2.24) is 4.57 Å². The highest BCUT2D eigenvalue weighted by Gasteiger charge is 2.07. The number of unbranched alkanes of at least 4 members (excludes halogenated alkanes) is 1. The molecule has 19 heavy (non-hydrogen) atoms. The van der Waals surface area contributed by atoms with E-state index < -0.39 is 0 Å². The van der Waals surface area contributed by atoms with Gasteiger partial charge in [0.25, 0.3) is 5.56 Å². The van der Waals surface area contributed by atoms with Crippen LogP contribution in [0.1, 0.15) is 19.8 Å². The second-order valence-corrected chi connectivity index (χ2v) is 4.41. The SMILES string of the molecule is CCCCOC(=O)Cn1ccc2ccccc2c1=O. The normalized spacial score (nSPS) is 10.6. The molecule has 0 amide bonds. The fraction of sp³-hybridized carbons (Fsp3) is 0.333. The summed E-state index contributed by atoms with van der Waals surface area (Å²) >= 11 is 0. The van der Waals surface area contributed by atoms with Crippen LogP contribution in [0.5, 0.6) is 0 Å². The molecule has 4 heteroatoms. The Hall–Kier alpha value is -2.10. The first kappa shape index (κ1) is 13.3. The molecule has 0 unspecified atom stereocenters. The fourth-order valence-corrected chi connectivity index (χ4v) is 1.87. The Kier molecular flexibility index (Phi) is 4.34. The maximum Gasteiger partial charge on any atom is 0.326 e. The van der Waals surface area contributed by atoms with E-state index in [1.54, 1.807) is 12.3 Å². The summed E-state index contributed by atoms with van der Waals surface area (Å²) in [6.07, 6.45) is 3.45. The third-order valence-corrected chi connectivity index (χ3v) is 2.95. The lowest BCUT2D eigenvalue weighted by Gasteiger charge is -2.07. The molecule has 1 aromatic carbocycles. The number of hydrogen-bond donors (Lipinski definition) is 0. The molecule has 4 nitrogen and oxygen atoms in total. The van der Waals surface area contributed by atoms with Gasteiger partial charge in [-0.1, -0.05) is 31.5 Å². The monoisotopic (exact) mass is 259 g/mol. The van der Waals surface area contributed by atoms with E-state index in [9.17, 15) is 9.59 Å². The van der Waals surface area contributed by atoms with E-state index in [1.807, 2.05) is 31.2 Å². The number of rotatable bonds is 5. The van der Waals surface area contributed by atoms with E-state index in [-0.39, 0.29) is 18.1 Å². The Morgan fingerprint density at radius 3 is 2.84 bits per heavy atom. The van der Waals surface area contributed by atoms with Gasteiger partial charge in [-0.25, -0.2) is 0 Å². The van der Waals surface area contributed by atoms with Crippen molar-refractivity contribution in [1.29, 1.82) is 0 Å². The highest BCUT2D eigenvalue weighted by Crippen LogP contribution is 2.07. The van der Waals surface area contributed by atoms with Crippen molar-refractivity contribution in [3.05, 3.63) is 46.9 Å². The molecule has 2 rings (SSSR count). The van der Waals surface area contributed by atoms with E-state index >= 15 is 0 Å². The Labute approximate surface area is 111 Å². The van der Waals surface area contributed by atoms with Crippen molar-refractivity contribution in [3.8, 4) is 0 Å². The van der Waals surface area contributed by atoms with Gasteiger partial charge in [0.2, 0.25) is 0 Å². The summed E-state index contributed by atoms with van der Waals surface area (Å²) in [4.78, 5) is 23.7. The quantitative estimate of drug-likeness (QED) is 0.611. The topological polar surface area (TPSA) is 48.3 Å². The first-order valence-corrected chi connectivity index (χ1v) is 6.46. The van der Waals surface area contributed by atoms with Crippen LogP contribution in [0.25, 0.3) is 10.8 Å². The zero-order valence-corrected chi connectivity index (χ0v) is 11.0. The van der Waals surface area contributed by atoms with Crippen LogP contribution in [0.3, 0.4) is 0 Å². The predicted molar refractivity (Wildman–Crippen MR) is 74.1 cm³/mol. The molecule has 0 atom stereocenters. The number of esters is 1. The summed E-state index contributed by atoms with van der Waals surface area (Å²) in [5.74, 6) is -0.370. The Morgan fingerprint density at radius 2 is 2.05 bits per heavy atom. The summed E-state index contributed by atoms with van der Waals surface area (Å²) in [5, 5.41) is 1.49. The van der Waals surface area contributed by atoms with Crippen LogP contribution in [-0.4, -0.2) is 17.1 Å². The molecule has 1 aromatic heterocycles. The van der Waals surface area contributed by atoms with Gasteiger partial charge < -0.3 is 9.30 Å². The molecular weight excluding hydrogens is 242 g/mol. The molecule has 0 aliphatic rings. The van der Waals surface area contributed by atoms with Crippen LogP contribution in [-0.2, 0) is 16.1 Å². The lowest BCUT2D eigenvalue weighted by atomic mass is 10.2. The lowest BCUT2D eigenvalue weighted by Crippen LogP contribution is -2.25. The number of carbonyl (C=O) groups excluding carboxylic acids is 1. The number of benzene rings is 1. The van der Waals surface area contributed by atoms with Crippen molar-refractivity contribution in [2.45, 2.75) is 26.3 Å². The average Bonchev–Trinajstić information content (AvgIpc) is 2.43. The summed E-state index contributed by atoms with van der Waals surface area (Å²) < 4.78 is 6.44. The Morgan fingerprint density at radius 1 is 1.26 bits per heavy atom. The highest BCUT2D eigenvalue weighted by molar-refractivity contribution is 5.81. The van der Waals surface area contributed by atoms with Gasteiger partial charge in [0.1, 0.15) is 6.54 Å². The van der Waals surface area contributed by atoms with Crippen molar-refractivity contribution >= 4 is 16.7 Å². The minimum absolute atomic E-state index is 0.0343. The van der Waals surface area contributed by atoms with Gasteiger partial charge in [-0.05, 0) is 23.9 Å². The lowest BCUT2D eigenvalue weighted by molar-refractivity contribution is -0.144. The molecule has 2 aromatic rings. The van der Waals surface area contributed by atoms with Gasteiger partial charge in [0.15, 0.2) is 0 Å². The summed E-state index contributed by atoms with van der Waals surface area (Å²) in [7, 11) is 0. The van der Waals surface area contributed by atoms with Gasteiger partial charge >= 0.3 is 5.97 Å². The average molecular weight is 259 g/mol. The van der Waals surface area contributed by atoms with Crippen LogP contribution >= 0.6 is 0 Å². The van der Waals surface area contributed by atoms with Crippen LogP contribution in [0.15, 0.2) is 41.3 Å². The van der Waals surface area contributed by atoms with Crippen molar-refractivity contribution in [2.75, 3.05) is 6.61 Å². The van der Waals surface area contributed by atoms with Crippen molar-refractivity contribution < 1.29 is 9.53 Å². The van der Waals surface area contributed by atoms with E-state index in [1.165, 1.54) is 4.57 Å². The maximum atomic E-state index is 12.1. The largest absolute Gasteiger partial charge is 0.464 e. The van der Waals surface area contributed by atoms with Gasteiger partial charge in [0, 0.05) is 11.6 Å². The molecule has 0 aliphatic heterocycles. The summed E-state index contributed by atoms with van der Waals surface area (Å²) in [5.41, 5.74) is -0.162. The predicted octanol–water partition coefficient (Wildman–Crippen LogP) is 2.34. The number of nitrogens with zero attached hydrogens (tertiary/aromatic N) is 1. The minimum Gasteiger partial charge on any atom is -0.464 e. The molecular formula is C15H17NO3. The Bertz CT molecular complexity index is 631. The molecule has 100 valence electrons. The molecule has 0 bridgehead atoms. The molecule has 0 N–H and O–H groups in total. The van der Waals surface area contributed by atoms with Crippen LogP contribution in [0.4, 0.5) is 0 Å². The van der Waals surface area contributed by atoms with Gasteiger partial charge in [-0.3, -0.25) is 9.59 Å². The smallest absolute Gasteiger partial charge is 0.326 e. The second-order valence-electron chi connectivity index (χ2n) is 4.41. The highest BCUT2D eigenvalue weighted by atomic mass is 16.5. The molecule has 0 saturated heterocycles. The summed E-state index contributed by atoms with van der Waals surface area (Å²) in [6, 6.07) is 9.16. The first-order valence-electron chi connectivity index (χ1n) is 6.46. The fourth-order valence-electron chi connectivity index (χ4n) is 1.87. The van der Waals surface area contributed by atoms with Crippen molar-refractivity contribution in [3.63, 3.8) is 0 Å². The number of ether oxygens (including phenoxy) is 1. The second kappa shape index (κ2) is 6.18. The first-order chi connectivity index (χ1) is 9.22. The Balaban J connectivity index is 2.15. The number of carbonyl (C=O) groups is 1. The molecule has 0 radical (unpaired) electrons. The van der Waals surface area contributed by atoms with E-state index in [0.29, 0.717) is 12.0 Å². The molecule has 0 aliphatic carbocycles. The number of fused-ring (bicyclic) bond motifs is 1. The number of aromatic nitrogens is 1.